The number of aromatic hydroxyl groups is 2. The van der Waals surface area contributed by atoms with E-state index in [0.717, 1.165) is 11.1 Å². The average molecular weight is 392 g/mol. The first-order chi connectivity index (χ1) is 14.0. The van der Waals surface area contributed by atoms with Crippen LogP contribution in [0.1, 0.15) is 22.6 Å². The Morgan fingerprint density at radius 1 is 0.724 bits per heavy atom. The Labute approximate surface area is 167 Å². The summed E-state index contributed by atoms with van der Waals surface area (Å²) in [5, 5.41) is 19.3. The predicted octanol–water partition coefficient (Wildman–Crippen LogP) is 4.41. The van der Waals surface area contributed by atoms with Crippen LogP contribution in [-0.2, 0) is 0 Å². The molecule has 0 aliphatic carbocycles. The van der Waals surface area contributed by atoms with Crippen LogP contribution in [0.15, 0.2) is 57.7 Å². The van der Waals surface area contributed by atoms with E-state index in [-0.39, 0.29) is 16.9 Å². The van der Waals surface area contributed by atoms with Gasteiger partial charge < -0.3 is 24.1 Å². The molecule has 1 heterocycles. The van der Waals surface area contributed by atoms with E-state index in [9.17, 15) is 15.0 Å². The number of phenols is 2. The van der Waals surface area contributed by atoms with Gasteiger partial charge in [0.2, 0.25) is 0 Å². The highest BCUT2D eigenvalue weighted by Crippen LogP contribution is 2.28. The van der Waals surface area contributed by atoms with Crippen LogP contribution in [0.25, 0.3) is 24.3 Å². The van der Waals surface area contributed by atoms with E-state index in [0.29, 0.717) is 23.0 Å². The molecule has 0 atom stereocenters. The van der Waals surface area contributed by atoms with Crippen molar-refractivity contribution < 1.29 is 24.1 Å². The van der Waals surface area contributed by atoms with E-state index in [4.69, 9.17) is 13.9 Å². The number of benzene rings is 2. The van der Waals surface area contributed by atoms with Gasteiger partial charge in [-0.15, -0.1) is 0 Å². The molecule has 0 aliphatic heterocycles. The fraction of sp³-hybridized carbons (Fsp3) is 0.0870. The van der Waals surface area contributed by atoms with E-state index in [1.54, 1.807) is 48.6 Å². The van der Waals surface area contributed by atoms with Crippen LogP contribution in [0.2, 0.25) is 0 Å². The second kappa shape index (κ2) is 8.84. The maximum atomic E-state index is 12.0. The quantitative estimate of drug-likeness (QED) is 0.646. The molecule has 2 N–H and O–H groups in total. The van der Waals surface area contributed by atoms with Gasteiger partial charge in [0.05, 0.1) is 14.2 Å². The zero-order valence-electron chi connectivity index (χ0n) is 16.0. The van der Waals surface area contributed by atoms with Crippen LogP contribution in [0, 0.1) is 0 Å². The normalized spacial score (nSPS) is 11.2. The van der Waals surface area contributed by atoms with Crippen molar-refractivity contribution in [2.75, 3.05) is 14.2 Å². The molecular formula is C23H20O6. The van der Waals surface area contributed by atoms with Crippen LogP contribution < -0.4 is 14.9 Å². The highest BCUT2D eigenvalue weighted by atomic mass is 16.5. The third-order valence-corrected chi connectivity index (χ3v) is 4.09. The lowest BCUT2D eigenvalue weighted by Crippen LogP contribution is -1.98. The van der Waals surface area contributed by atoms with Crippen LogP contribution >= 0.6 is 0 Å². The molecule has 0 saturated carbocycles. The molecule has 3 aromatic rings. The number of phenolic OH excluding ortho intramolecular Hbond substituents is 2. The number of hydrogen-bond acceptors (Lipinski definition) is 6. The lowest BCUT2D eigenvalue weighted by atomic mass is 10.1. The van der Waals surface area contributed by atoms with Gasteiger partial charge in [-0.2, -0.15) is 0 Å². The molecule has 3 rings (SSSR count). The molecule has 29 heavy (non-hydrogen) atoms. The van der Waals surface area contributed by atoms with Crippen molar-refractivity contribution in [1.82, 2.24) is 0 Å². The Hall–Kier alpha value is -3.93. The smallest absolute Gasteiger partial charge is 0.186 e. The zero-order valence-corrected chi connectivity index (χ0v) is 16.0. The van der Waals surface area contributed by atoms with E-state index >= 15 is 0 Å². The monoisotopic (exact) mass is 392 g/mol. The number of ether oxygens (including phenoxy) is 2. The third kappa shape index (κ3) is 5.07. The van der Waals surface area contributed by atoms with Gasteiger partial charge in [0, 0.05) is 12.1 Å². The maximum Gasteiger partial charge on any atom is 0.186 e. The minimum Gasteiger partial charge on any atom is -0.504 e. The van der Waals surface area contributed by atoms with E-state index in [1.807, 2.05) is 0 Å². The van der Waals surface area contributed by atoms with Gasteiger partial charge >= 0.3 is 0 Å². The molecule has 148 valence electrons. The summed E-state index contributed by atoms with van der Waals surface area (Å²) < 4.78 is 15.9. The summed E-state index contributed by atoms with van der Waals surface area (Å²) in [7, 11) is 2.95. The second-order valence-electron chi connectivity index (χ2n) is 6.13. The SMILES string of the molecule is COc1cc(/C=C/c2cc(=O)cc(/C=C/c3ccc(O)c(OC)c3)o2)ccc1O. The fourth-order valence-corrected chi connectivity index (χ4v) is 2.63. The Morgan fingerprint density at radius 2 is 1.17 bits per heavy atom. The molecule has 0 unspecified atom stereocenters. The van der Waals surface area contributed by atoms with E-state index < -0.39 is 0 Å². The van der Waals surface area contributed by atoms with Crippen molar-refractivity contribution >= 4 is 24.3 Å². The van der Waals surface area contributed by atoms with Crippen molar-refractivity contribution in [1.29, 1.82) is 0 Å². The molecule has 6 heteroatoms. The van der Waals surface area contributed by atoms with Crippen LogP contribution in [0.4, 0.5) is 0 Å². The van der Waals surface area contributed by atoms with Gasteiger partial charge in [0.25, 0.3) is 0 Å². The van der Waals surface area contributed by atoms with Gasteiger partial charge in [-0.05, 0) is 47.5 Å². The largest absolute Gasteiger partial charge is 0.504 e. The Kier molecular flexibility index (Phi) is 6.04. The highest BCUT2D eigenvalue weighted by molar-refractivity contribution is 5.71. The van der Waals surface area contributed by atoms with Gasteiger partial charge in [-0.25, -0.2) is 0 Å². The molecule has 0 amide bonds. The number of hydrogen-bond donors (Lipinski definition) is 2. The summed E-state index contributed by atoms with van der Waals surface area (Å²) in [6, 6.07) is 12.6. The lowest BCUT2D eigenvalue weighted by molar-refractivity contribution is 0.373. The number of rotatable bonds is 6. The van der Waals surface area contributed by atoms with Gasteiger partial charge in [0.15, 0.2) is 28.4 Å². The maximum absolute atomic E-state index is 12.0. The van der Waals surface area contributed by atoms with Crippen molar-refractivity contribution in [3.63, 3.8) is 0 Å². The van der Waals surface area contributed by atoms with E-state index in [2.05, 4.69) is 0 Å². The summed E-state index contributed by atoms with van der Waals surface area (Å²) in [4.78, 5) is 12.0. The summed E-state index contributed by atoms with van der Waals surface area (Å²) in [5.41, 5.74) is 1.36. The van der Waals surface area contributed by atoms with Crippen LogP contribution in [-0.4, -0.2) is 24.4 Å². The molecule has 0 saturated heterocycles. The van der Waals surface area contributed by atoms with Gasteiger partial charge in [0.1, 0.15) is 11.5 Å². The molecule has 0 aliphatic rings. The molecule has 0 radical (unpaired) electrons. The molecule has 0 fully saturated rings. The first-order valence-corrected chi connectivity index (χ1v) is 8.74. The van der Waals surface area contributed by atoms with Gasteiger partial charge in [-0.1, -0.05) is 24.3 Å². The first kappa shape index (κ1) is 19.8. The summed E-state index contributed by atoms with van der Waals surface area (Å²) >= 11 is 0. The fourth-order valence-electron chi connectivity index (χ4n) is 2.63. The first-order valence-electron chi connectivity index (χ1n) is 8.74. The Balaban J connectivity index is 1.84. The van der Waals surface area contributed by atoms with E-state index in [1.165, 1.54) is 38.5 Å². The van der Waals surface area contributed by atoms with Crippen molar-refractivity contribution in [2.24, 2.45) is 0 Å². The minimum atomic E-state index is -0.192. The third-order valence-electron chi connectivity index (χ3n) is 4.09. The van der Waals surface area contributed by atoms with Crippen molar-refractivity contribution in [3.8, 4) is 23.0 Å². The van der Waals surface area contributed by atoms with Crippen molar-refractivity contribution in [2.45, 2.75) is 0 Å². The van der Waals surface area contributed by atoms with Crippen LogP contribution in [0.3, 0.4) is 0 Å². The average Bonchev–Trinajstić information content (AvgIpc) is 2.72. The zero-order chi connectivity index (χ0) is 20.8. The molecular weight excluding hydrogens is 372 g/mol. The predicted molar refractivity (Wildman–Crippen MR) is 112 cm³/mol. The lowest BCUT2D eigenvalue weighted by Gasteiger charge is -2.04. The topological polar surface area (TPSA) is 89.1 Å². The highest BCUT2D eigenvalue weighted by Gasteiger charge is 2.03. The van der Waals surface area contributed by atoms with Crippen LogP contribution in [0.5, 0.6) is 23.0 Å². The Morgan fingerprint density at radius 3 is 1.59 bits per heavy atom. The molecule has 6 nitrogen and oxygen atoms in total. The minimum absolute atomic E-state index is 0.0502. The molecule has 0 bridgehead atoms. The summed E-state index contributed by atoms with van der Waals surface area (Å²) in [6.45, 7) is 0. The summed E-state index contributed by atoms with van der Waals surface area (Å²) in [5.74, 6) is 1.58. The molecule has 1 aromatic heterocycles. The standard InChI is InChI=1S/C23H20O6/c1-27-22-11-15(5-9-20(22)25)3-7-18-13-17(24)14-19(29-18)8-4-16-6-10-21(26)23(12-16)28-2/h3-14,25-26H,1-2H3/b7-3+,8-4+. The van der Waals surface area contributed by atoms with Crippen molar-refractivity contribution in [3.05, 3.63) is 81.4 Å². The Bertz CT molecular complexity index is 1040. The summed E-state index contributed by atoms with van der Waals surface area (Å²) in [6.07, 6.45) is 6.82. The van der Waals surface area contributed by atoms with Gasteiger partial charge in [-0.3, -0.25) is 4.79 Å². The number of methoxy groups -OCH3 is 2. The molecule has 0 spiro atoms. The second-order valence-corrected chi connectivity index (χ2v) is 6.13. The molecule has 2 aromatic carbocycles.